The molecule has 0 amide bonds. The van der Waals surface area contributed by atoms with Crippen molar-refractivity contribution >= 4 is 0 Å². The van der Waals surface area contributed by atoms with Gasteiger partial charge in [0.05, 0.1) is 12.7 Å². The highest BCUT2D eigenvalue weighted by atomic mass is 19.2. The maximum Gasteiger partial charge on any atom is 0.167 e. The quantitative estimate of drug-likeness (QED) is 0.246. The summed E-state index contributed by atoms with van der Waals surface area (Å²) in [5, 5.41) is 0. The van der Waals surface area contributed by atoms with Crippen molar-refractivity contribution in [2.24, 2.45) is 5.92 Å². The molecule has 2 aromatic carbocycles. The van der Waals surface area contributed by atoms with Gasteiger partial charge in [-0.1, -0.05) is 56.8 Å². The average molecular weight is 491 g/mol. The Morgan fingerprint density at radius 2 is 1.63 bits per heavy atom. The minimum Gasteiger partial charge on any atom is -0.374 e. The van der Waals surface area contributed by atoms with Crippen LogP contribution in [0.2, 0.25) is 0 Å². The number of aryl methyl sites for hydroxylation is 1. The van der Waals surface area contributed by atoms with Crippen LogP contribution in [0.4, 0.5) is 17.6 Å². The molecule has 0 bridgehead atoms. The monoisotopic (exact) mass is 490 g/mol. The summed E-state index contributed by atoms with van der Waals surface area (Å²) in [6, 6.07) is 10.5. The van der Waals surface area contributed by atoms with Gasteiger partial charge in [0.25, 0.3) is 0 Å². The van der Waals surface area contributed by atoms with Crippen LogP contribution in [0.3, 0.4) is 0 Å². The molecule has 0 N–H and O–H groups in total. The molecule has 1 aliphatic rings. The van der Waals surface area contributed by atoms with Crippen LogP contribution in [0.1, 0.15) is 57.1 Å². The van der Waals surface area contributed by atoms with Crippen molar-refractivity contribution in [3.8, 4) is 11.1 Å². The van der Waals surface area contributed by atoms with E-state index in [1.54, 1.807) is 31.2 Å². The van der Waals surface area contributed by atoms with Crippen LogP contribution < -0.4 is 0 Å². The van der Waals surface area contributed by atoms with Crippen LogP contribution in [0, 0.1) is 17.6 Å². The van der Waals surface area contributed by atoms with Crippen molar-refractivity contribution < 1.29 is 27.0 Å². The lowest BCUT2D eigenvalue weighted by atomic mass is 9.82. The van der Waals surface area contributed by atoms with E-state index in [9.17, 15) is 17.6 Å². The third-order valence-corrected chi connectivity index (χ3v) is 6.91. The molecule has 1 atom stereocenters. The smallest absolute Gasteiger partial charge is 0.167 e. The second kappa shape index (κ2) is 12.5. The third-order valence-electron chi connectivity index (χ3n) is 6.91. The van der Waals surface area contributed by atoms with Gasteiger partial charge in [0.1, 0.15) is 6.10 Å². The van der Waals surface area contributed by atoms with Gasteiger partial charge in [-0.25, -0.2) is 17.6 Å². The first-order chi connectivity index (χ1) is 16.8. The average Bonchev–Trinajstić information content (AvgIpc) is 2.89. The Labute approximate surface area is 205 Å². The number of benzene rings is 2. The molecule has 0 aromatic heterocycles. The first kappa shape index (κ1) is 27.2. The minimum absolute atomic E-state index is 0.0526. The van der Waals surface area contributed by atoms with Crippen molar-refractivity contribution in [3.63, 3.8) is 0 Å². The summed E-state index contributed by atoms with van der Waals surface area (Å²) in [6.45, 7) is 7.47. The van der Waals surface area contributed by atoms with E-state index in [1.165, 1.54) is 7.11 Å². The van der Waals surface area contributed by atoms with Crippen LogP contribution in [-0.2, 0) is 22.5 Å². The Kier molecular flexibility index (Phi) is 9.70. The molecule has 0 aliphatic heterocycles. The molecule has 6 heteroatoms. The lowest BCUT2D eigenvalue weighted by molar-refractivity contribution is 0.00871. The summed E-state index contributed by atoms with van der Waals surface area (Å²) in [4.78, 5) is 0. The molecule has 0 spiro atoms. The van der Waals surface area contributed by atoms with Gasteiger partial charge in [0.2, 0.25) is 0 Å². The van der Waals surface area contributed by atoms with Crippen molar-refractivity contribution in [3.05, 3.63) is 83.0 Å². The van der Waals surface area contributed by atoms with Gasteiger partial charge in [-0.3, -0.25) is 0 Å². The Balaban J connectivity index is 1.57. The van der Waals surface area contributed by atoms with E-state index in [0.717, 1.165) is 12.0 Å². The maximum absolute atomic E-state index is 14.8. The number of methoxy groups -OCH3 is 1. The molecule has 35 heavy (non-hydrogen) atoms. The van der Waals surface area contributed by atoms with Gasteiger partial charge >= 0.3 is 0 Å². The molecule has 2 nitrogen and oxygen atoms in total. The van der Waals surface area contributed by atoms with Gasteiger partial charge in [0.15, 0.2) is 23.3 Å². The van der Waals surface area contributed by atoms with Crippen LogP contribution >= 0.6 is 0 Å². The Morgan fingerprint density at radius 3 is 2.20 bits per heavy atom. The molecule has 1 unspecified atom stereocenters. The van der Waals surface area contributed by atoms with Gasteiger partial charge in [-0.2, -0.15) is 0 Å². The van der Waals surface area contributed by atoms with Crippen LogP contribution in [0.5, 0.6) is 0 Å². The molecular weight excluding hydrogens is 456 g/mol. The highest BCUT2D eigenvalue weighted by Crippen LogP contribution is 2.37. The predicted molar refractivity (Wildman–Crippen MR) is 131 cm³/mol. The zero-order valence-corrected chi connectivity index (χ0v) is 20.7. The van der Waals surface area contributed by atoms with Crippen LogP contribution in [-0.4, -0.2) is 19.3 Å². The van der Waals surface area contributed by atoms with E-state index in [0.29, 0.717) is 37.7 Å². The predicted octanol–water partition coefficient (Wildman–Crippen LogP) is 8.40. The standard InChI is InChI=1S/C29H34F4O2/c1-5-19-7-9-21(10-8-19)24-16-13-22(27(31)28(24)32)17-35-23-14-11-20(12-15-23)18(3)26(30)29(33)25(6-2)34-4/h7-10,13,16,20,23,25H,3,5-6,11-12,14-15,17H2,1-2,4H3/b29-26-. The fourth-order valence-electron chi connectivity index (χ4n) is 4.55. The van der Waals surface area contributed by atoms with Crippen LogP contribution in [0.25, 0.3) is 11.1 Å². The number of allylic oxidation sites excluding steroid dienone is 2. The number of hydrogen-bond acceptors (Lipinski definition) is 2. The second-order valence-electron chi connectivity index (χ2n) is 9.06. The molecule has 2 aromatic rings. The molecule has 1 aliphatic carbocycles. The van der Waals surface area contributed by atoms with E-state index >= 15 is 0 Å². The van der Waals surface area contributed by atoms with Gasteiger partial charge in [-0.15, -0.1) is 0 Å². The van der Waals surface area contributed by atoms with Crippen molar-refractivity contribution in [2.45, 2.75) is 71.2 Å². The lowest BCUT2D eigenvalue weighted by Gasteiger charge is -2.29. The summed E-state index contributed by atoms with van der Waals surface area (Å²) in [6.07, 6.45) is 2.49. The van der Waals surface area contributed by atoms with Crippen molar-refractivity contribution in [1.82, 2.24) is 0 Å². The number of halogens is 4. The van der Waals surface area contributed by atoms with E-state index < -0.39 is 29.4 Å². The Bertz CT molecular complexity index is 1030. The Morgan fingerprint density at radius 1 is 0.971 bits per heavy atom. The first-order valence-electron chi connectivity index (χ1n) is 12.2. The molecule has 1 fully saturated rings. The van der Waals surface area contributed by atoms with Crippen LogP contribution in [0.15, 0.2) is 60.2 Å². The van der Waals surface area contributed by atoms with E-state index in [1.807, 2.05) is 19.1 Å². The van der Waals surface area contributed by atoms with Gasteiger partial charge in [0, 0.05) is 18.2 Å². The van der Waals surface area contributed by atoms with E-state index in [2.05, 4.69) is 6.58 Å². The largest absolute Gasteiger partial charge is 0.374 e. The third kappa shape index (κ3) is 6.42. The molecule has 3 rings (SSSR count). The fraction of sp³-hybridized carbons (Fsp3) is 0.448. The number of ether oxygens (including phenoxy) is 2. The lowest BCUT2D eigenvalue weighted by Crippen LogP contribution is -2.23. The maximum atomic E-state index is 14.8. The van der Waals surface area contributed by atoms with Gasteiger partial charge < -0.3 is 9.47 Å². The zero-order chi connectivity index (χ0) is 25.5. The molecule has 0 saturated heterocycles. The summed E-state index contributed by atoms with van der Waals surface area (Å²) in [5.74, 6) is -3.83. The summed E-state index contributed by atoms with van der Waals surface area (Å²) in [5.41, 5.74) is 2.27. The molecule has 0 radical (unpaired) electrons. The molecule has 190 valence electrons. The first-order valence-corrected chi connectivity index (χ1v) is 12.2. The summed E-state index contributed by atoms with van der Waals surface area (Å²) >= 11 is 0. The molecule has 1 saturated carbocycles. The molecule has 0 heterocycles. The van der Waals surface area contributed by atoms with E-state index in [-0.39, 0.29) is 35.3 Å². The highest BCUT2D eigenvalue weighted by Gasteiger charge is 2.28. The second-order valence-corrected chi connectivity index (χ2v) is 9.06. The SMILES string of the molecule is C=C(/C(F)=C(/F)C(CC)OC)C1CCC(OCc2ccc(-c3ccc(CC)cc3)c(F)c2F)CC1. The zero-order valence-electron chi connectivity index (χ0n) is 20.7. The topological polar surface area (TPSA) is 18.5 Å². The van der Waals surface area contributed by atoms with E-state index in [4.69, 9.17) is 9.47 Å². The number of rotatable bonds is 10. The fourth-order valence-corrected chi connectivity index (χ4v) is 4.55. The molecular formula is C29H34F4O2. The summed E-state index contributed by atoms with van der Waals surface area (Å²) in [7, 11) is 1.35. The number of hydrogen-bond donors (Lipinski definition) is 0. The highest BCUT2D eigenvalue weighted by molar-refractivity contribution is 5.65. The summed E-state index contributed by atoms with van der Waals surface area (Å²) < 4.78 is 69.2. The van der Waals surface area contributed by atoms with Crippen molar-refractivity contribution in [1.29, 1.82) is 0 Å². The normalized spacial score (nSPS) is 19.9. The van der Waals surface area contributed by atoms with Crippen molar-refractivity contribution in [2.75, 3.05) is 7.11 Å². The van der Waals surface area contributed by atoms with Gasteiger partial charge in [-0.05, 0) is 61.1 Å². The minimum atomic E-state index is -0.926. The Hall–Kier alpha value is -2.44.